The lowest BCUT2D eigenvalue weighted by Crippen LogP contribution is -2.47. The number of methoxy groups -OCH3 is 2. The molecule has 0 aliphatic carbocycles. The Labute approximate surface area is 175 Å². The van der Waals surface area contributed by atoms with Crippen molar-refractivity contribution in [3.8, 4) is 16.9 Å². The molecular formula is C22H28N2O4S. The summed E-state index contributed by atoms with van der Waals surface area (Å²) in [5.74, 6) is 0.160. The third kappa shape index (κ3) is 4.79. The Bertz CT molecular complexity index is 852. The van der Waals surface area contributed by atoms with Gasteiger partial charge in [0, 0.05) is 23.0 Å². The lowest BCUT2D eigenvalue weighted by atomic mass is 9.97. The first kappa shape index (κ1) is 21.3. The van der Waals surface area contributed by atoms with Crippen molar-refractivity contribution in [2.45, 2.75) is 45.2 Å². The number of nitrogens with one attached hydrogen (secondary N) is 1. The summed E-state index contributed by atoms with van der Waals surface area (Å²) in [6.45, 7) is 4.64. The molecule has 1 aromatic heterocycles. The van der Waals surface area contributed by atoms with Crippen LogP contribution < -0.4 is 10.1 Å². The van der Waals surface area contributed by atoms with Crippen LogP contribution in [0, 0.1) is 0 Å². The molecule has 0 bridgehead atoms. The lowest BCUT2D eigenvalue weighted by Gasteiger charge is -2.38. The minimum absolute atomic E-state index is 0.112. The number of anilines is 1. The molecule has 2 heterocycles. The van der Waals surface area contributed by atoms with Gasteiger partial charge in [-0.1, -0.05) is 18.6 Å². The summed E-state index contributed by atoms with van der Waals surface area (Å²) in [6, 6.07) is 8.20. The van der Waals surface area contributed by atoms with E-state index in [4.69, 9.17) is 9.47 Å². The van der Waals surface area contributed by atoms with Gasteiger partial charge in [0.05, 0.1) is 20.8 Å². The summed E-state index contributed by atoms with van der Waals surface area (Å²) in [5.41, 5.74) is 1.98. The summed E-state index contributed by atoms with van der Waals surface area (Å²) in [5, 5.41) is 5.33. The first-order chi connectivity index (χ1) is 13.9. The van der Waals surface area contributed by atoms with Crippen molar-refractivity contribution in [2.75, 3.05) is 26.1 Å². The highest BCUT2D eigenvalue weighted by Crippen LogP contribution is 2.37. The number of likely N-dealkylation sites (tertiary alicyclic amines) is 1. The number of rotatable bonds is 6. The highest BCUT2D eigenvalue weighted by molar-refractivity contribution is 7.15. The standard InChI is InChI=1S/C22H28N2O4S/c1-14-6-5-7-15(2)24(14)12-19(25)23-21-20(22(26)28-4)18(13-29-21)16-8-10-17(27-3)11-9-16/h8-11,13-15H,5-7,12H2,1-4H3,(H,23,25). The third-order valence-electron chi connectivity index (χ3n) is 5.54. The van der Waals surface area contributed by atoms with Gasteiger partial charge in [-0.05, 0) is 44.4 Å². The molecule has 0 radical (unpaired) electrons. The number of amides is 1. The Hall–Kier alpha value is -2.38. The van der Waals surface area contributed by atoms with Crippen molar-refractivity contribution in [1.82, 2.24) is 4.90 Å². The van der Waals surface area contributed by atoms with Crippen molar-refractivity contribution in [3.05, 3.63) is 35.2 Å². The highest BCUT2D eigenvalue weighted by Gasteiger charge is 2.28. The lowest BCUT2D eigenvalue weighted by molar-refractivity contribution is -0.118. The van der Waals surface area contributed by atoms with Crippen LogP contribution in [0.15, 0.2) is 29.6 Å². The molecule has 0 spiro atoms. The van der Waals surface area contributed by atoms with Crippen molar-refractivity contribution >= 4 is 28.2 Å². The minimum atomic E-state index is -0.466. The molecule has 1 amide bonds. The first-order valence-corrected chi connectivity index (χ1v) is 10.7. The van der Waals surface area contributed by atoms with E-state index in [1.807, 2.05) is 29.6 Å². The summed E-state index contributed by atoms with van der Waals surface area (Å²) in [6.07, 6.45) is 3.40. The Morgan fingerprint density at radius 3 is 2.38 bits per heavy atom. The fourth-order valence-corrected chi connectivity index (χ4v) is 4.83. The van der Waals surface area contributed by atoms with Crippen molar-refractivity contribution in [3.63, 3.8) is 0 Å². The van der Waals surface area contributed by atoms with E-state index < -0.39 is 5.97 Å². The van der Waals surface area contributed by atoms with Crippen molar-refractivity contribution in [1.29, 1.82) is 0 Å². The number of hydrogen-bond acceptors (Lipinski definition) is 6. The van der Waals surface area contributed by atoms with E-state index in [1.54, 1.807) is 7.11 Å². The second-order valence-electron chi connectivity index (χ2n) is 7.42. The molecule has 156 valence electrons. The number of carbonyl (C=O) groups excluding carboxylic acids is 2. The van der Waals surface area contributed by atoms with Crippen LogP contribution in [0.2, 0.25) is 0 Å². The first-order valence-electron chi connectivity index (χ1n) is 9.84. The Kier molecular flexibility index (Phi) is 6.92. The molecule has 2 atom stereocenters. The second-order valence-corrected chi connectivity index (χ2v) is 8.30. The summed E-state index contributed by atoms with van der Waals surface area (Å²) in [4.78, 5) is 27.5. The molecule has 1 aliphatic rings. The Balaban J connectivity index is 1.82. The molecule has 3 rings (SSSR count). The normalized spacial score (nSPS) is 19.6. The largest absolute Gasteiger partial charge is 0.497 e. The van der Waals surface area contributed by atoms with Crippen molar-refractivity contribution < 1.29 is 19.1 Å². The molecule has 1 saturated heterocycles. The third-order valence-corrected chi connectivity index (χ3v) is 6.43. The number of esters is 1. The molecule has 1 N–H and O–H groups in total. The number of ether oxygens (including phenoxy) is 2. The molecule has 1 aliphatic heterocycles. The van der Waals surface area contributed by atoms with Crippen LogP contribution in [0.4, 0.5) is 5.00 Å². The van der Waals surface area contributed by atoms with Crippen LogP contribution in [0.25, 0.3) is 11.1 Å². The molecule has 6 nitrogen and oxygen atoms in total. The van der Waals surface area contributed by atoms with Gasteiger partial charge in [0.25, 0.3) is 0 Å². The number of nitrogens with zero attached hydrogens (tertiary/aromatic N) is 1. The van der Waals surface area contributed by atoms with Crippen LogP contribution in [0.5, 0.6) is 5.75 Å². The Morgan fingerprint density at radius 2 is 1.79 bits per heavy atom. The minimum Gasteiger partial charge on any atom is -0.497 e. The maximum atomic E-state index is 12.7. The zero-order valence-corrected chi connectivity index (χ0v) is 18.2. The monoisotopic (exact) mass is 416 g/mol. The maximum Gasteiger partial charge on any atom is 0.341 e. The number of hydrogen-bond donors (Lipinski definition) is 1. The van der Waals surface area contributed by atoms with Gasteiger partial charge in [-0.25, -0.2) is 4.79 Å². The predicted octanol–water partition coefficient (Wildman–Crippen LogP) is 4.41. The zero-order valence-electron chi connectivity index (χ0n) is 17.4. The van der Waals surface area contributed by atoms with E-state index in [2.05, 4.69) is 24.1 Å². The zero-order chi connectivity index (χ0) is 21.0. The van der Waals surface area contributed by atoms with E-state index in [0.717, 1.165) is 29.7 Å². The van der Waals surface area contributed by atoms with Gasteiger partial charge >= 0.3 is 5.97 Å². The summed E-state index contributed by atoms with van der Waals surface area (Å²) < 4.78 is 10.2. The van der Waals surface area contributed by atoms with Gasteiger partial charge in [-0.15, -0.1) is 11.3 Å². The number of carbonyl (C=O) groups is 2. The average Bonchev–Trinajstić information content (AvgIpc) is 3.13. The molecule has 2 unspecified atom stereocenters. The maximum absolute atomic E-state index is 12.7. The van der Waals surface area contributed by atoms with E-state index in [0.29, 0.717) is 29.2 Å². The van der Waals surface area contributed by atoms with Crippen LogP contribution in [0.1, 0.15) is 43.5 Å². The Morgan fingerprint density at radius 1 is 1.14 bits per heavy atom. The average molecular weight is 417 g/mol. The fraction of sp³-hybridized carbons (Fsp3) is 0.455. The molecule has 1 fully saturated rings. The number of piperidine rings is 1. The van der Waals surface area contributed by atoms with E-state index in [9.17, 15) is 9.59 Å². The van der Waals surface area contributed by atoms with Crippen LogP contribution >= 0.6 is 11.3 Å². The molecule has 0 saturated carbocycles. The predicted molar refractivity (Wildman–Crippen MR) is 116 cm³/mol. The van der Waals surface area contributed by atoms with Gasteiger partial charge in [0.15, 0.2) is 0 Å². The number of benzene rings is 1. The SMILES string of the molecule is COC(=O)c1c(-c2ccc(OC)cc2)csc1NC(=O)CN1C(C)CCCC1C. The van der Waals surface area contributed by atoms with Gasteiger partial charge in [-0.2, -0.15) is 0 Å². The van der Waals surface area contributed by atoms with E-state index in [-0.39, 0.29) is 5.91 Å². The second kappa shape index (κ2) is 9.41. The van der Waals surface area contributed by atoms with Gasteiger partial charge < -0.3 is 14.8 Å². The molecule has 29 heavy (non-hydrogen) atoms. The quantitative estimate of drug-likeness (QED) is 0.707. The molecule has 1 aromatic carbocycles. The summed E-state index contributed by atoms with van der Waals surface area (Å²) in [7, 11) is 2.96. The summed E-state index contributed by atoms with van der Waals surface area (Å²) >= 11 is 1.33. The van der Waals surface area contributed by atoms with Gasteiger partial charge in [0.1, 0.15) is 16.3 Å². The van der Waals surface area contributed by atoms with Crippen molar-refractivity contribution in [2.24, 2.45) is 0 Å². The van der Waals surface area contributed by atoms with Gasteiger partial charge in [-0.3, -0.25) is 9.69 Å². The van der Waals surface area contributed by atoms with E-state index in [1.165, 1.54) is 24.9 Å². The van der Waals surface area contributed by atoms with Crippen LogP contribution in [-0.2, 0) is 9.53 Å². The molecule has 2 aromatic rings. The van der Waals surface area contributed by atoms with Gasteiger partial charge in [0.2, 0.25) is 5.91 Å². The number of thiophene rings is 1. The fourth-order valence-electron chi connectivity index (χ4n) is 3.86. The topological polar surface area (TPSA) is 67.9 Å². The smallest absolute Gasteiger partial charge is 0.341 e. The molecule has 7 heteroatoms. The van der Waals surface area contributed by atoms with Crippen LogP contribution in [-0.4, -0.2) is 49.6 Å². The highest BCUT2D eigenvalue weighted by atomic mass is 32.1. The molecular weight excluding hydrogens is 388 g/mol. The van der Waals surface area contributed by atoms with Crippen LogP contribution in [0.3, 0.4) is 0 Å². The van der Waals surface area contributed by atoms with E-state index >= 15 is 0 Å².